The Labute approximate surface area is 223 Å². The summed E-state index contributed by atoms with van der Waals surface area (Å²) in [7, 11) is -3.84. The average molecular weight is 552 g/mol. The molecule has 9 nitrogen and oxygen atoms in total. The molecule has 0 spiro atoms. The van der Waals surface area contributed by atoms with Crippen LogP contribution in [0.4, 0.5) is 5.69 Å². The highest BCUT2D eigenvalue weighted by atomic mass is 35.5. The molecule has 2 aromatic carbocycles. The van der Waals surface area contributed by atoms with Crippen LogP contribution in [0.2, 0.25) is 5.02 Å². The van der Waals surface area contributed by atoms with Crippen molar-refractivity contribution in [3.8, 4) is 11.5 Å². The van der Waals surface area contributed by atoms with E-state index in [9.17, 15) is 18.0 Å². The van der Waals surface area contributed by atoms with Gasteiger partial charge in [-0.3, -0.25) is 13.9 Å². The Kier molecular flexibility index (Phi) is 9.67. The third-order valence-corrected chi connectivity index (χ3v) is 8.22. The molecule has 0 radical (unpaired) electrons. The van der Waals surface area contributed by atoms with E-state index in [0.717, 1.165) is 16.3 Å². The van der Waals surface area contributed by atoms with Crippen molar-refractivity contribution in [1.29, 1.82) is 0 Å². The highest BCUT2D eigenvalue weighted by molar-refractivity contribution is 7.92. The van der Waals surface area contributed by atoms with Crippen molar-refractivity contribution in [2.45, 2.75) is 52.7 Å². The minimum absolute atomic E-state index is 0.0721. The maximum atomic E-state index is 13.7. The molecule has 2 aromatic rings. The topological polar surface area (TPSA) is 105 Å². The summed E-state index contributed by atoms with van der Waals surface area (Å²) in [5.41, 5.74) is 1.03. The number of anilines is 1. The van der Waals surface area contributed by atoms with Gasteiger partial charge in [-0.25, -0.2) is 8.42 Å². The van der Waals surface area contributed by atoms with Crippen molar-refractivity contribution in [3.05, 3.63) is 53.1 Å². The lowest BCUT2D eigenvalue weighted by atomic mass is 10.1. The molecule has 1 aliphatic rings. The molecule has 0 saturated heterocycles. The van der Waals surface area contributed by atoms with Crippen molar-refractivity contribution >= 4 is 39.1 Å². The molecule has 11 heteroatoms. The molecule has 0 bridgehead atoms. The average Bonchev–Trinajstić information content (AvgIpc) is 2.90. The molecule has 1 N–H and O–H groups in total. The van der Waals surface area contributed by atoms with Gasteiger partial charge in [-0.1, -0.05) is 30.7 Å². The van der Waals surface area contributed by atoms with Crippen molar-refractivity contribution in [1.82, 2.24) is 10.2 Å². The van der Waals surface area contributed by atoms with Crippen LogP contribution in [0.5, 0.6) is 11.5 Å². The van der Waals surface area contributed by atoms with Gasteiger partial charge in [-0.2, -0.15) is 0 Å². The second kappa shape index (κ2) is 12.5. The lowest BCUT2D eigenvalue weighted by Crippen LogP contribution is -2.52. The van der Waals surface area contributed by atoms with Crippen LogP contribution < -0.4 is 19.1 Å². The van der Waals surface area contributed by atoms with E-state index in [4.69, 9.17) is 21.1 Å². The highest BCUT2D eigenvalue weighted by Crippen LogP contribution is 2.35. The normalized spacial score (nSPS) is 14.4. The zero-order valence-corrected chi connectivity index (χ0v) is 23.1. The summed E-state index contributed by atoms with van der Waals surface area (Å²) in [5.74, 6) is -0.132. The monoisotopic (exact) mass is 551 g/mol. The number of hydrogen-bond donors (Lipinski definition) is 1. The van der Waals surface area contributed by atoms with Gasteiger partial charge in [-0.05, 0) is 57.0 Å². The van der Waals surface area contributed by atoms with Gasteiger partial charge >= 0.3 is 0 Å². The number of rotatable bonds is 11. The Morgan fingerprint density at radius 3 is 2.30 bits per heavy atom. The molecule has 0 aliphatic carbocycles. The summed E-state index contributed by atoms with van der Waals surface area (Å²) in [6.45, 7) is 7.34. The van der Waals surface area contributed by atoms with E-state index >= 15 is 0 Å². The Morgan fingerprint density at radius 2 is 1.68 bits per heavy atom. The predicted octanol–water partition coefficient (Wildman–Crippen LogP) is 3.60. The number of amides is 2. The molecule has 0 aromatic heterocycles. The number of hydrogen-bond acceptors (Lipinski definition) is 6. The first-order valence-electron chi connectivity index (χ1n) is 12.3. The van der Waals surface area contributed by atoms with Crippen molar-refractivity contribution in [3.63, 3.8) is 0 Å². The SMILES string of the molecule is CC[C@@H](C)NC(=O)[C@@H](C)N(Cc1ccc(Cl)cc1)C(=O)CN(c1ccc2c(c1)OCCO2)S(=O)(=O)CC. The van der Waals surface area contributed by atoms with E-state index in [1.165, 1.54) is 11.8 Å². The molecule has 2 atom stereocenters. The molecule has 0 unspecified atom stereocenters. The van der Waals surface area contributed by atoms with Crippen molar-refractivity contribution in [2.24, 2.45) is 0 Å². The number of carbonyl (C=O) groups excluding carboxylic acids is 2. The number of benzene rings is 2. The summed E-state index contributed by atoms with van der Waals surface area (Å²) in [5, 5.41) is 3.45. The Balaban J connectivity index is 1.94. The fourth-order valence-electron chi connectivity index (χ4n) is 3.74. The van der Waals surface area contributed by atoms with Crippen molar-refractivity contribution in [2.75, 3.05) is 29.8 Å². The first-order chi connectivity index (χ1) is 17.6. The molecule has 202 valence electrons. The lowest BCUT2D eigenvalue weighted by molar-refractivity contribution is -0.139. The van der Waals surface area contributed by atoms with Crippen LogP contribution >= 0.6 is 11.6 Å². The highest BCUT2D eigenvalue weighted by Gasteiger charge is 2.32. The first kappa shape index (κ1) is 28.6. The fraction of sp³-hybridized carbons (Fsp3) is 0.462. The number of carbonyl (C=O) groups is 2. The summed E-state index contributed by atoms with van der Waals surface area (Å²) in [6.07, 6.45) is 0.732. The number of nitrogens with one attached hydrogen (secondary N) is 1. The maximum absolute atomic E-state index is 13.7. The van der Waals surface area contributed by atoms with E-state index in [-0.39, 0.29) is 29.9 Å². The zero-order valence-electron chi connectivity index (χ0n) is 21.6. The summed E-state index contributed by atoms with van der Waals surface area (Å²) in [6, 6.07) is 10.8. The second-order valence-electron chi connectivity index (χ2n) is 8.88. The molecule has 1 aliphatic heterocycles. The van der Waals surface area contributed by atoms with Gasteiger partial charge in [0.15, 0.2) is 11.5 Å². The Morgan fingerprint density at radius 1 is 1.03 bits per heavy atom. The summed E-state index contributed by atoms with van der Waals surface area (Å²) >= 11 is 6.01. The van der Waals surface area contributed by atoms with Crippen LogP contribution in [0.15, 0.2) is 42.5 Å². The van der Waals surface area contributed by atoms with E-state index < -0.39 is 28.5 Å². The number of sulfonamides is 1. The van der Waals surface area contributed by atoms with Crippen molar-refractivity contribution < 1.29 is 27.5 Å². The Bertz CT molecular complexity index is 1210. The second-order valence-corrected chi connectivity index (χ2v) is 11.5. The molecule has 0 fully saturated rings. The van der Waals surface area contributed by atoms with Gasteiger partial charge in [0, 0.05) is 23.7 Å². The predicted molar refractivity (Wildman–Crippen MR) is 144 cm³/mol. The van der Waals surface area contributed by atoms with Crippen LogP contribution in [0.3, 0.4) is 0 Å². The third kappa shape index (κ3) is 7.29. The fourth-order valence-corrected chi connectivity index (χ4v) is 4.92. The number of nitrogens with zero attached hydrogens (tertiary/aromatic N) is 2. The van der Waals surface area contributed by atoms with Crippen LogP contribution in [-0.2, 0) is 26.2 Å². The minimum atomic E-state index is -3.84. The van der Waals surface area contributed by atoms with E-state index in [1.54, 1.807) is 49.4 Å². The van der Waals surface area contributed by atoms with Gasteiger partial charge in [0.1, 0.15) is 25.8 Å². The largest absolute Gasteiger partial charge is 0.486 e. The smallest absolute Gasteiger partial charge is 0.244 e. The van der Waals surface area contributed by atoms with Crippen LogP contribution in [-0.4, -0.2) is 62.7 Å². The summed E-state index contributed by atoms with van der Waals surface area (Å²) in [4.78, 5) is 28.1. The number of ether oxygens (including phenoxy) is 2. The minimum Gasteiger partial charge on any atom is -0.486 e. The van der Waals surface area contributed by atoms with E-state index in [0.29, 0.717) is 29.7 Å². The maximum Gasteiger partial charge on any atom is 0.244 e. The molecule has 1 heterocycles. The standard InChI is InChI=1S/C26H34ClN3O6S/c1-5-18(3)28-26(32)19(4)29(16-20-7-9-21(27)10-8-20)25(31)17-30(37(33,34)6-2)22-11-12-23-24(15-22)36-14-13-35-23/h7-12,15,18-19H,5-6,13-14,16-17H2,1-4H3,(H,28,32)/t18-,19-/m1/s1. The van der Waals surface area contributed by atoms with Crippen LogP contribution in [0.25, 0.3) is 0 Å². The first-order valence-corrected chi connectivity index (χ1v) is 14.3. The molecule has 0 saturated carbocycles. The molecule has 3 rings (SSSR count). The van der Waals surface area contributed by atoms with Gasteiger partial charge in [0.25, 0.3) is 0 Å². The van der Waals surface area contributed by atoms with Crippen LogP contribution in [0.1, 0.15) is 39.7 Å². The zero-order chi connectivity index (χ0) is 27.2. The molecular weight excluding hydrogens is 518 g/mol. The van der Waals surface area contributed by atoms with Gasteiger partial charge in [0.05, 0.1) is 11.4 Å². The molecule has 37 heavy (non-hydrogen) atoms. The van der Waals surface area contributed by atoms with E-state index in [1.807, 2.05) is 13.8 Å². The van der Waals surface area contributed by atoms with Gasteiger partial charge in [-0.15, -0.1) is 0 Å². The van der Waals surface area contributed by atoms with E-state index in [2.05, 4.69) is 5.32 Å². The summed E-state index contributed by atoms with van der Waals surface area (Å²) < 4.78 is 38.4. The molecule has 2 amide bonds. The van der Waals surface area contributed by atoms with Gasteiger partial charge < -0.3 is 19.7 Å². The third-order valence-electron chi connectivity index (χ3n) is 6.23. The Hall–Kier alpha value is -2.98. The molecular formula is C26H34ClN3O6S. The lowest BCUT2D eigenvalue weighted by Gasteiger charge is -2.32. The van der Waals surface area contributed by atoms with Crippen LogP contribution in [0, 0.1) is 0 Å². The quantitative estimate of drug-likeness (QED) is 0.457. The van der Waals surface area contributed by atoms with Gasteiger partial charge in [0.2, 0.25) is 21.8 Å². The number of fused-ring (bicyclic) bond motifs is 1. The number of halogens is 1.